The SMILES string of the molecule is O=C1[C@H](CC[C@H](O)c2ccc(F)cc2)[C@@H](c2ccc(-c3cccc([C@@H]4O[C@H](CO)[C@@H](O)[C@H](O)[C@H]4O)c3)cc2O)N1c1ccc(CCc2cncs2)cc1. The predicted octanol–water partition coefficient (Wildman–Crippen LogP) is 5.17. The fraction of sp³-hybridized carbons (Fsp3) is 0.317. The van der Waals surface area contributed by atoms with Gasteiger partial charge in [-0.25, -0.2) is 4.39 Å². The highest BCUT2D eigenvalue weighted by Crippen LogP contribution is 2.49. The number of amides is 1. The van der Waals surface area contributed by atoms with Crippen molar-refractivity contribution < 1.29 is 44.6 Å². The second-order valence-electron chi connectivity index (χ2n) is 13.7. The zero-order valence-corrected chi connectivity index (χ0v) is 29.5. The van der Waals surface area contributed by atoms with Crippen molar-refractivity contribution in [3.05, 3.63) is 136 Å². The average Bonchev–Trinajstić information content (AvgIpc) is 3.70. The fourth-order valence-corrected chi connectivity index (χ4v) is 7.96. The molecule has 12 heteroatoms. The largest absolute Gasteiger partial charge is 0.508 e. The third-order valence-corrected chi connectivity index (χ3v) is 11.2. The Bertz CT molecular complexity index is 2010. The normalized spacial score (nSPS) is 24.9. The smallest absolute Gasteiger partial charge is 0.233 e. The number of benzene rings is 4. The molecule has 0 saturated carbocycles. The van der Waals surface area contributed by atoms with E-state index in [1.165, 1.54) is 29.1 Å². The third-order valence-electron chi connectivity index (χ3n) is 10.4. The summed E-state index contributed by atoms with van der Waals surface area (Å²) in [6.07, 6.45) is -3.27. The number of halogens is 1. The highest BCUT2D eigenvalue weighted by atomic mass is 32.1. The lowest BCUT2D eigenvalue weighted by molar-refractivity contribution is -0.231. The first kappa shape index (κ1) is 36.8. The minimum atomic E-state index is -1.52. The second kappa shape index (κ2) is 15.8. The van der Waals surface area contributed by atoms with Gasteiger partial charge in [0.15, 0.2) is 0 Å². The zero-order chi connectivity index (χ0) is 37.2. The van der Waals surface area contributed by atoms with Crippen LogP contribution in [0.5, 0.6) is 5.75 Å². The summed E-state index contributed by atoms with van der Waals surface area (Å²) in [5.74, 6) is -1.11. The summed E-state index contributed by atoms with van der Waals surface area (Å²) in [6, 6.07) is 25.1. The Balaban J connectivity index is 1.14. The molecule has 5 aromatic rings. The van der Waals surface area contributed by atoms with Crippen molar-refractivity contribution in [2.75, 3.05) is 11.5 Å². The van der Waals surface area contributed by atoms with E-state index >= 15 is 0 Å². The Kier molecular flexibility index (Phi) is 11.0. The standard InChI is InChI=1S/C41H41FN2O8S/c42-28-10-7-24(8-11-28)33(46)17-16-32-36(44(41(32)51)29-12-4-23(5-13-29)6-14-30-20-43-22-53-30)31-15-9-26(19-34(31)47)25-2-1-3-27(18-25)40-39(50)38(49)37(48)35(21-45)52-40/h1-5,7-13,15,18-20,22,32-33,35-40,45-50H,6,14,16-17,21H2/t32-,33+,35-,36-,37-,38+,39-,40+/m1/s1. The van der Waals surface area contributed by atoms with Gasteiger partial charge in [-0.05, 0) is 89.9 Å². The first-order valence-corrected chi connectivity index (χ1v) is 18.5. The van der Waals surface area contributed by atoms with Gasteiger partial charge in [0.05, 0.1) is 30.2 Å². The molecular formula is C41H41FN2O8S. The molecule has 2 fully saturated rings. The van der Waals surface area contributed by atoms with Gasteiger partial charge in [0.2, 0.25) is 5.91 Å². The summed E-state index contributed by atoms with van der Waals surface area (Å²) >= 11 is 1.61. The quantitative estimate of drug-likeness (QED) is 0.0948. The van der Waals surface area contributed by atoms with Crippen LogP contribution in [0, 0.1) is 11.7 Å². The number of phenolic OH excluding ortho intramolecular Hbond substituents is 1. The molecule has 0 aliphatic carbocycles. The van der Waals surface area contributed by atoms with Crippen LogP contribution < -0.4 is 4.90 Å². The monoisotopic (exact) mass is 740 g/mol. The van der Waals surface area contributed by atoms with Crippen molar-refractivity contribution in [3.63, 3.8) is 0 Å². The Morgan fingerprint density at radius 3 is 2.34 bits per heavy atom. The number of thiazole rings is 1. The van der Waals surface area contributed by atoms with Crippen LogP contribution in [0.15, 0.2) is 103 Å². The van der Waals surface area contributed by atoms with E-state index in [0.717, 1.165) is 18.4 Å². The molecule has 1 amide bonds. The van der Waals surface area contributed by atoms with Crippen LogP contribution in [-0.2, 0) is 22.4 Å². The van der Waals surface area contributed by atoms with Crippen molar-refractivity contribution in [3.8, 4) is 16.9 Å². The number of ether oxygens (including phenoxy) is 1. The van der Waals surface area contributed by atoms with E-state index in [2.05, 4.69) is 4.98 Å². The maximum absolute atomic E-state index is 13.8. The number of aliphatic hydroxyl groups is 5. The molecule has 53 heavy (non-hydrogen) atoms. The Morgan fingerprint density at radius 2 is 1.64 bits per heavy atom. The molecule has 276 valence electrons. The summed E-state index contributed by atoms with van der Waals surface area (Å²) in [7, 11) is 0. The Hall–Kier alpha value is -4.53. The molecule has 4 aromatic carbocycles. The van der Waals surface area contributed by atoms with Crippen LogP contribution in [0.3, 0.4) is 0 Å². The molecule has 2 saturated heterocycles. The van der Waals surface area contributed by atoms with E-state index in [-0.39, 0.29) is 18.1 Å². The number of β-lactam (4-membered cyclic amide) rings is 1. The summed E-state index contributed by atoms with van der Waals surface area (Å²) in [5.41, 5.74) is 6.53. The second-order valence-corrected chi connectivity index (χ2v) is 14.7. The summed E-state index contributed by atoms with van der Waals surface area (Å²) in [4.78, 5) is 20.8. The van der Waals surface area contributed by atoms with Gasteiger partial charge in [-0.15, -0.1) is 11.3 Å². The van der Waals surface area contributed by atoms with Crippen molar-refractivity contribution in [1.29, 1.82) is 0 Å². The van der Waals surface area contributed by atoms with Gasteiger partial charge in [-0.3, -0.25) is 9.78 Å². The van der Waals surface area contributed by atoms with E-state index in [1.807, 2.05) is 48.1 Å². The number of hydrogen-bond donors (Lipinski definition) is 6. The van der Waals surface area contributed by atoms with Crippen molar-refractivity contribution in [2.45, 2.75) is 68.3 Å². The lowest BCUT2D eigenvalue weighted by Crippen LogP contribution is -2.55. The number of hydrogen-bond acceptors (Lipinski definition) is 10. The van der Waals surface area contributed by atoms with Crippen LogP contribution in [0.1, 0.15) is 58.2 Å². The van der Waals surface area contributed by atoms with E-state index in [0.29, 0.717) is 39.9 Å². The number of aryl methyl sites for hydroxylation is 2. The molecule has 6 N–H and O–H groups in total. The maximum atomic E-state index is 13.8. The molecule has 0 radical (unpaired) electrons. The number of rotatable bonds is 12. The number of anilines is 1. The van der Waals surface area contributed by atoms with E-state index in [1.54, 1.807) is 46.6 Å². The third kappa shape index (κ3) is 7.62. The van der Waals surface area contributed by atoms with Crippen LogP contribution in [0.2, 0.25) is 0 Å². The number of phenols is 1. The molecule has 2 aliphatic heterocycles. The number of aromatic hydroxyl groups is 1. The zero-order valence-electron chi connectivity index (χ0n) is 28.6. The Labute approximate surface area is 310 Å². The first-order chi connectivity index (χ1) is 25.6. The molecule has 1 aromatic heterocycles. The molecule has 8 atom stereocenters. The van der Waals surface area contributed by atoms with Gasteiger partial charge in [0.25, 0.3) is 0 Å². The lowest BCUT2D eigenvalue weighted by Gasteiger charge is -2.48. The van der Waals surface area contributed by atoms with E-state index < -0.39 is 61.0 Å². The predicted molar refractivity (Wildman–Crippen MR) is 197 cm³/mol. The number of carbonyl (C=O) groups is 1. The first-order valence-electron chi connectivity index (χ1n) is 17.6. The highest BCUT2D eigenvalue weighted by molar-refractivity contribution is 7.09. The Morgan fingerprint density at radius 1 is 0.887 bits per heavy atom. The van der Waals surface area contributed by atoms with Gasteiger partial charge in [0.1, 0.15) is 42.1 Å². The van der Waals surface area contributed by atoms with Gasteiger partial charge >= 0.3 is 0 Å². The molecule has 0 spiro atoms. The number of carbonyl (C=O) groups excluding carboxylic acids is 1. The number of nitrogens with zero attached hydrogens (tertiary/aromatic N) is 2. The topological polar surface area (TPSA) is 164 Å². The minimum Gasteiger partial charge on any atom is -0.508 e. The number of aromatic nitrogens is 1. The maximum Gasteiger partial charge on any atom is 0.233 e. The summed E-state index contributed by atoms with van der Waals surface area (Å²) in [5, 5.41) is 63.3. The van der Waals surface area contributed by atoms with Crippen LogP contribution in [0.25, 0.3) is 11.1 Å². The molecular weight excluding hydrogens is 700 g/mol. The summed E-state index contributed by atoms with van der Waals surface area (Å²) in [6.45, 7) is -0.541. The van der Waals surface area contributed by atoms with Crippen molar-refractivity contribution >= 4 is 22.9 Å². The van der Waals surface area contributed by atoms with Crippen molar-refractivity contribution in [1.82, 2.24) is 4.98 Å². The number of aliphatic hydroxyl groups excluding tert-OH is 5. The van der Waals surface area contributed by atoms with Crippen molar-refractivity contribution in [2.24, 2.45) is 5.92 Å². The molecule has 0 bridgehead atoms. The summed E-state index contributed by atoms with van der Waals surface area (Å²) < 4.78 is 19.3. The highest BCUT2D eigenvalue weighted by Gasteiger charge is 2.49. The molecule has 10 nitrogen and oxygen atoms in total. The van der Waals surface area contributed by atoms with Gasteiger partial charge < -0.3 is 40.3 Å². The van der Waals surface area contributed by atoms with Gasteiger partial charge in [-0.2, -0.15) is 0 Å². The van der Waals surface area contributed by atoms with E-state index in [9.17, 15) is 39.8 Å². The molecule has 0 unspecified atom stereocenters. The fourth-order valence-electron chi connectivity index (χ4n) is 7.36. The van der Waals surface area contributed by atoms with Crippen LogP contribution in [-0.4, -0.2) is 72.6 Å². The molecule has 2 aliphatic rings. The lowest BCUT2D eigenvalue weighted by atomic mass is 9.77. The van der Waals surface area contributed by atoms with Crippen LogP contribution >= 0.6 is 11.3 Å². The van der Waals surface area contributed by atoms with Crippen LogP contribution in [0.4, 0.5) is 10.1 Å². The van der Waals surface area contributed by atoms with Gasteiger partial charge in [0, 0.05) is 22.3 Å². The molecule has 3 heterocycles. The van der Waals surface area contributed by atoms with Gasteiger partial charge in [-0.1, -0.05) is 54.6 Å². The van der Waals surface area contributed by atoms with E-state index in [4.69, 9.17) is 4.74 Å². The minimum absolute atomic E-state index is 0.0338. The molecule has 7 rings (SSSR count). The average molecular weight is 741 g/mol.